The maximum atomic E-state index is 12.5. The van der Waals surface area contributed by atoms with Crippen LogP contribution in [0.25, 0.3) is 0 Å². The van der Waals surface area contributed by atoms with E-state index in [1.165, 1.54) is 0 Å². The summed E-state index contributed by atoms with van der Waals surface area (Å²) in [6, 6.07) is 6.85. The third-order valence-electron chi connectivity index (χ3n) is 4.49. The monoisotopic (exact) mass is 405 g/mol. The van der Waals surface area contributed by atoms with Crippen LogP contribution in [-0.2, 0) is 23.8 Å². The van der Waals surface area contributed by atoms with Crippen molar-refractivity contribution >= 4 is 29.7 Å². The second-order valence-corrected chi connectivity index (χ2v) is 7.01. The lowest BCUT2D eigenvalue weighted by atomic mass is 9.84. The number of cyclic esters (lactones) is 2. The molecule has 8 heteroatoms. The molecule has 148 valence electrons. The summed E-state index contributed by atoms with van der Waals surface area (Å²) in [6.07, 6.45) is -1.29. The van der Waals surface area contributed by atoms with Crippen molar-refractivity contribution in [2.24, 2.45) is 0 Å². The number of allylic oxidation sites excluding steroid dienone is 2. The first-order valence-electron chi connectivity index (χ1n) is 8.88. The molecule has 0 saturated heterocycles. The van der Waals surface area contributed by atoms with Crippen LogP contribution in [0, 0.1) is 0 Å². The summed E-state index contributed by atoms with van der Waals surface area (Å²) >= 11 is 6.37. The molecule has 3 rings (SSSR count). The molecule has 28 heavy (non-hydrogen) atoms. The van der Waals surface area contributed by atoms with Gasteiger partial charge in [-0.1, -0.05) is 29.8 Å². The number of rotatable bonds is 4. The molecule has 2 heterocycles. The average molecular weight is 406 g/mol. The summed E-state index contributed by atoms with van der Waals surface area (Å²) in [5.41, 5.74) is 1.25. The minimum Gasteiger partial charge on any atom is -0.431 e. The minimum absolute atomic E-state index is 0.0953. The number of benzene rings is 1. The van der Waals surface area contributed by atoms with Gasteiger partial charge >= 0.3 is 18.1 Å². The van der Waals surface area contributed by atoms with Crippen LogP contribution in [0.2, 0.25) is 5.02 Å². The van der Waals surface area contributed by atoms with Gasteiger partial charge < -0.3 is 19.1 Å². The third-order valence-corrected chi connectivity index (χ3v) is 4.84. The SMILES string of the molecule is CCN1C(C)=C(OC(=O)OC(C)C)C(c2ccccc2Cl)C2=C1C(=O)OC2=O. The molecule has 7 nitrogen and oxygen atoms in total. The number of ether oxygens (including phenoxy) is 3. The van der Waals surface area contributed by atoms with Crippen LogP contribution in [0.1, 0.15) is 39.2 Å². The van der Waals surface area contributed by atoms with Crippen molar-refractivity contribution < 1.29 is 28.6 Å². The van der Waals surface area contributed by atoms with Crippen LogP contribution in [-0.4, -0.2) is 35.6 Å². The Morgan fingerprint density at radius 2 is 1.93 bits per heavy atom. The van der Waals surface area contributed by atoms with E-state index in [2.05, 4.69) is 0 Å². The molecule has 0 aliphatic carbocycles. The van der Waals surface area contributed by atoms with Gasteiger partial charge in [-0.15, -0.1) is 0 Å². The van der Waals surface area contributed by atoms with Gasteiger partial charge in [-0.2, -0.15) is 0 Å². The Bertz CT molecular complexity index is 917. The lowest BCUT2D eigenvalue weighted by molar-refractivity contribution is -0.151. The first-order chi connectivity index (χ1) is 13.3. The normalized spacial score (nSPS) is 19.2. The van der Waals surface area contributed by atoms with Crippen molar-refractivity contribution in [1.29, 1.82) is 0 Å². The summed E-state index contributed by atoms with van der Waals surface area (Å²) in [7, 11) is 0. The minimum atomic E-state index is -0.904. The van der Waals surface area contributed by atoms with Gasteiger partial charge in [-0.25, -0.2) is 14.4 Å². The third kappa shape index (κ3) is 3.38. The van der Waals surface area contributed by atoms with E-state index in [9.17, 15) is 14.4 Å². The molecule has 1 aromatic carbocycles. The van der Waals surface area contributed by atoms with Gasteiger partial charge in [-0.05, 0) is 39.3 Å². The van der Waals surface area contributed by atoms with E-state index in [0.717, 1.165) is 0 Å². The van der Waals surface area contributed by atoms with Gasteiger partial charge in [0.1, 0.15) is 11.5 Å². The van der Waals surface area contributed by atoms with E-state index in [0.29, 0.717) is 22.8 Å². The predicted octanol–water partition coefficient (Wildman–Crippen LogP) is 3.89. The van der Waals surface area contributed by atoms with Crippen LogP contribution in [0.5, 0.6) is 0 Å². The average Bonchev–Trinajstić information content (AvgIpc) is 2.90. The topological polar surface area (TPSA) is 82.1 Å². The van der Waals surface area contributed by atoms with Crippen LogP contribution >= 0.6 is 11.6 Å². The lowest BCUT2D eigenvalue weighted by Gasteiger charge is -2.34. The van der Waals surface area contributed by atoms with E-state index < -0.39 is 24.0 Å². The fourth-order valence-electron chi connectivity index (χ4n) is 3.39. The van der Waals surface area contributed by atoms with Crippen molar-refractivity contribution in [1.82, 2.24) is 4.90 Å². The van der Waals surface area contributed by atoms with Crippen LogP contribution < -0.4 is 0 Å². The van der Waals surface area contributed by atoms with Crippen molar-refractivity contribution in [2.45, 2.75) is 39.7 Å². The molecular weight excluding hydrogens is 386 g/mol. The Kier molecular flexibility index (Phi) is 5.47. The summed E-state index contributed by atoms with van der Waals surface area (Å²) in [5, 5.41) is 0.363. The molecule has 0 spiro atoms. The maximum Gasteiger partial charge on any atom is 0.513 e. The molecule has 2 aliphatic rings. The van der Waals surface area contributed by atoms with Crippen LogP contribution in [0.4, 0.5) is 4.79 Å². The van der Waals surface area contributed by atoms with Gasteiger partial charge in [0.25, 0.3) is 0 Å². The Morgan fingerprint density at radius 3 is 2.54 bits per heavy atom. The zero-order valence-electron chi connectivity index (χ0n) is 15.9. The van der Waals surface area contributed by atoms with E-state index >= 15 is 0 Å². The number of hydrogen-bond donors (Lipinski definition) is 0. The van der Waals surface area contributed by atoms with E-state index in [1.807, 2.05) is 6.92 Å². The Morgan fingerprint density at radius 1 is 1.25 bits per heavy atom. The smallest absolute Gasteiger partial charge is 0.431 e. The molecule has 0 fully saturated rings. The Hall–Kier alpha value is -2.80. The largest absolute Gasteiger partial charge is 0.513 e. The first-order valence-corrected chi connectivity index (χ1v) is 9.25. The standard InChI is InChI=1S/C20H20ClNO6/c1-5-22-11(4)17(27-20(25)26-10(2)3)14(12-8-6-7-9-13(12)21)15-16(22)19(24)28-18(15)23/h6-10,14H,5H2,1-4H3. The number of carbonyl (C=O) groups is 3. The molecular formula is C20H20ClNO6. The highest BCUT2D eigenvalue weighted by Gasteiger charge is 2.48. The van der Waals surface area contributed by atoms with Gasteiger partial charge in [0.05, 0.1) is 23.3 Å². The molecule has 2 aliphatic heterocycles. The van der Waals surface area contributed by atoms with Crippen LogP contribution in [0.15, 0.2) is 47.0 Å². The number of likely N-dealkylation sites (N-methyl/N-ethyl adjacent to an activating group) is 1. The van der Waals surface area contributed by atoms with Gasteiger partial charge in [0, 0.05) is 11.6 Å². The molecule has 0 saturated carbocycles. The second-order valence-electron chi connectivity index (χ2n) is 6.61. The lowest BCUT2D eigenvalue weighted by Crippen LogP contribution is -2.33. The summed E-state index contributed by atoms with van der Waals surface area (Å²) in [6.45, 7) is 7.27. The molecule has 1 atom stereocenters. The highest BCUT2D eigenvalue weighted by Crippen LogP contribution is 2.47. The maximum absolute atomic E-state index is 12.5. The first kappa shape index (κ1) is 19.9. The van der Waals surface area contributed by atoms with E-state index in [-0.39, 0.29) is 23.1 Å². The van der Waals surface area contributed by atoms with Gasteiger partial charge in [0.2, 0.25) is 0 Å². The second kappa shape index (κ2) is 7.67. The summed E-state index contributed by atoms with van der Waals surface area (Å²) < 4.78 is 15.5. The Balaban J connectivity index is 2.19. The number of halogens is 1. The van der Waals surface area contributed by atoms with Crippen LogP contribution in [0.3, 0.4) is 0 Å². The molecule has 0 radical (unpaired) electrons. The highest BCUT2D eigenvalue weighted by molar-refractivity contribution is 6.31. The fourth-order valence-corrected chi connectivity index (χ4v) is 3.63. The molecule has 0 N–H and O–H groups in total. The Labute approximate surface area is 167 Å². The molecule has 1 aromatic rings. The van der Waals surface area contributed by atoms with Gasteiger partial charge in [0.15, 0.2) is 0 Å². The zero-order chi connectivity index (χ0) is 20.6. The fraction of sp³-hybridized carbons (Fsp3) is 0.350. The molecule has 1 unspecified atom stereocenters. The molecule has 0 aromatic heterocycles. The van der Waals surface area contributed by atoms with E-state index in [1.54, 1.807) is 49.9 Å². The van der Waals surface area contributed by atoms with Crippen molar-refractivity contribution in [2.75, 3.05) is 6.54 Å². The summed E-state index contributed by atoms with van der Waals surface area (Å²) in [5.74, 6) is -2.22. The molecule has 0 amide bonds. The molecule has 0 bridgehead atoms. The zero-order valence-corrected chi connectivity index (χ0v) is 16.7. The van der Waals surface area contributed by atoms with Gasteiger partial charge in [-0.3, -0.25) is 0 Å². The summed E-state index contributed by atoms with van der Waals surface area (Å²) in [4.78, 5) is 38.7. The van der Waals surface area contributed by atoms with Crippen molar-refractivity contribution in [3.8, 4) is 0 Å². The number of carbonyl (C=O) groups excluding carboxylic acids is 3. The quantitative estimate of drug-likeness (QED) is 0.555. The predicted molar refractivity (Wildman–Crippen MR) is 100 cm³/mol. The number of hydrogen-bond acceptors (Lipinski definition) is 7. The van der Waals surface area contributed by atoms with Crippen molar-refractivity contribution in [3.05, 3.63) is 57.6 Å². The number of nitrogens with zero attached hydrogens (tertiary/aromatic N) is 1. The van der Waals surface area contributed by atoms with E-state index in [4.69, 9.17) is 25.8 Å². The van der Waals surface area contributed by atoms with Crippen molar-refractivity contribution in [3.63, 3.8) is 0 Å². The number of esters is 2. The highest BCUT2D eigenvalue weighted by atomic mass is 35.5.